The highest BCUT2D eigenvalue weighted by Gasteiger charge is 2.30. The van der Waals surface area contributed by atoms with Gasteiger partial charge in [-0.05, 0) is 37.0 Å². The van der Waals surface area contributed by atoms with Gasteiger partial charge in [-0.2, -0.15) is 0 Å². The van der Waals surface area contributed by atoms with Gasteiger partial charge < -0.3 is 10.2 Å². The van der Waals surface area contributed by atoms with Crippen LogP contribution in [0.4, 0.5) is 11.4 Å². The summed E-state index contributed by atoms with van der Waals surface area (Å²) < 4.78 is 0. The standard InChI is InChI=1S/C17H19N3OS/c1-11-14(20-6-2-3-7-20)5-4-12-13(15-9-18-10-22-15)8-16(21)19-17(11)12/h4-5,9-10,13H,2-3,6-8H2,1H3,(H,19,21). The number of amides is 1. The van der Waals surface area contributed by atoms with Crippen LogP contribution in [0.3, 0.4) is 0 Å². The zero-order chi connectivity index (χ0) is 15.1. The van der Waals surface area contributed by atoms with E-state index in [9.17, 15) is 4.79 Å². The summed E-state index contributed by atoms with van der Waals surface area (Å²) in [5.41, 5.74) is 6.54. The molecule has 1 unspecified atom stereocenters. The van der Waals surface area contributed by atoms with Crippen LogP contribution < -0.4 is 10.2 Å². The maximum Gasteiger partial charge on any atom is 0.225 e. The molecule has 1 atom stereocenters. The highest BCUT2D eigenvalue weighted by molar-refractivity contribution is 7.09. The topological polar surface area (TPSA) is 45.2 Å². The molecule has 0 spiro atoms. The number of nitrogens with one attached hydrogen (secondary N) is 1. The Morgan fingerprint density at radius 2 is 2.14 bits per heavy atom. The molecule has 1 fully saturated rings. The number of carbonyl (C=O) groups excluding carboxylic acids is 1. The number of anilines is 2. The number of rotatable bonds is 2. The highest BCUT2D eigenvalue weighted by atomic mass is 32.1. The van der Waals surface area contributed by atoms with E-state index in [1.165, 1.54) is 34.5 Å². The van der Waals surface area contributed by atoms with Gasteiger partial charge in [0.25, 0.3) is 0 Å². The first-order valence-electron chi connectivity index (χ1n) is 7.80. The summed E-state index contributed by atoms with van der Waals surface area (Å²) in [6, 6.07) is 4.42. The number of thiazole rings is 1. The average molecular weight is 313 g/mol. The number of aromatic nitrogens is 1. The molecule has 0 radical (unpaired) electrons. The Morgan fingerprint density at radius 3 is 2.86 bits per heavy atom. The molecule has 1 amide bonds. The number of hydrogen-bond acceptors (Lipinski definition) is 4. The van der Waals surface area contributed by atoms with Gasteiger partial charge in [-0.15, -0.1) is 11.3 Å². The SMILES string of the molecule is Cc1c(N2CCCC2)ccc2c1NC(=O)CC2c1cncs1. The molecule has 3 heterocycles. The zero-order valence-electron chi connectivity index (χ0n) is 12.6. The first-order valence-corrected chi connectivity index (χ1v) is 8.68. The smallest absolute Gasteiger partial charge is 0.225 e. The molecule has 22 heavy (non-hydrogen) atoms. The lowest BCUT2D eigenvalue weighted by Crippen LogP contribution is -2.26. The molecule has 2 aliphatic rings. The quantitative estimate of drug-likeness (QED) is 0.922. The summed E-state index contributed by atoms with van der Waals surface area (Å²) in [5.74, 6) is 0.246. The van der Waals surface area contributed by atoms with Gasteiger partial charge in [0.05, 0.1) is 5.51 Å². The molecule has 1 aromatic heterocycles. The molecule has 2 aromatic rings. The van der Waals surface area contributed by atoms with Gasteiger partial charge in [0.2, 0.25) is 5.91 Å². The van der Waals surface area contributed by atoms with Crippen molar-refractivity contribution in [2.75, 3.05) is 23.3 Å². The molecule has 2 aliphatic heterocycles. The van der Waals surface area contributed by atoms with Gasteiger partial charge in [-0.1, -0.05) is 6.07 Å². The molecule has 1 saturated heterocycles. The number of fused-ring (bicyclic) bond motifs is 1. The fourth-order valence-corrected chi connectivity index (χ4v) is 4.36. The lowest BCUT2D eigenvalue weighted by molar-refractivity contribution is -0.116. The third kappa shape index (κ3) is 2.20. The van der Waals surface area contributed by atoms with Crippen LogP contribution >= 0.6 is 11.3 Å². The fourth-order valence-electron chi connectivity index (χ4n) is 3.62. The second-order valence-corrected chi connectivity index (χ2v) is 6.99. The Bertz CT molecular complexity index is 705. The van der Waals surface area contributed by atoms with Crippen LogP contribution in [0, 0.1) is 6.92 Å². The Labute approximate surface area is 134 Å². The molecule has 114 valence electrons. The molecule has 4 rings (SSSR count). The number of carbonyl (C=O) groups is 1. The van der Waals surface area contributed by atoms with Crippen molar-refractivity contribution in [3.05, 3.63) is 39.8 Å². The van der Waals surface area contributed by atoms with E-state index in [0.29, 0.717) is 6.42 Å². The Morgan fingerprint density at radius 1 is 1.32 bits per heavy atom. The monoisotopic (exact) mass is 313 g/mol. The van der Waals surface area contributed by atoms with Gasteiger partial charge in [-0.3, -0.25) is 9.78 Å². The van der Waals surface area contributed by atoms with Crippen LogP contribution in [0.1, 0.15) is 41.2 Å². The van der Waals surface area contributed by atoms with Crippen molar-refractivity contribution >= 4 is 28.6 Å². The van der Waals surface area contributed by atoms with Gasteiger partial charge >= 0.3 is 0 Å². The highest BCUT2D eigenvalue weighted by Crippen LogP contribution is 2.42. The molecule has 0 saturated carbocycles. The first-order chi connectivity index (χ1) is 10.7. The van der Waals surface area contributed by atoms with E-state index >= 15 is 0 Å². The number of nitrogens with zero attached hydrogens (tertiary/aromatic N) is 2. The molecule has 5 heteroatoms. The van der Waals surface area contributed by atoms with Crippen LogP contribution in [0.15, 0.2) is 23.8 Å². The average Bonchev–Trinajstić information content (AvgIpc) is 3.21. The van der Waals surface area contributed by atoms with E-state index in [0.717, 1.165) is 18.8 Å². The zero-order valence-corrected chi connectivity index (χ0v) is 13.4. The van der Waals surface area contributed by atoms with E-state index in [1.54, 1.807) is 11.3 Å². The Balaban J connectivity index is 1.80. The normalized spacial score (nSPS) is 20.9. The summed E-state index contributed by atoms with van der Waals surface area (Å²) in [4.78, 5) is 20.0. The molecular weight excluding hydrogens is 294 g/mol. The van der Waals surface area contributed by atoms with Gasteiger partial charge in [-0.25, -0.2) is 0 Å². The molecule has 0 bridgehead atoms. The van der Waals surface area contributed by atoms with Crippen LogP contribution in [0.25, 0.3) is 0 Å². The van der Waals surface area contributed by atoms with E-state index in [2.05, 4.69) is 34.3 Å². The Hall–Kier alpha value is -1.88. The minimum atomic E-state index is 0.104. The second-order valence-electron chi connectivity index (χ2n) is 6.08. The maximum atomic E-state index is 12.2. The van der Waals surface area contributed by atoms with Crippen molar-refractivity contribution in [2.45, 2.75) is 32.1 Å². The van der Waals surface area contributed by atoms with Crippen molar-refractivity contribution < 1.29 is 4.79 Å². The number of hydrogen-bond donors (Lipinski definition) is 1. The van der Waals surface area contributed by atoms with Crippen molar-refractivity contribution in [1.29, 1.82) is 0 Å². The van der Waals surface area contributed by atoms with Crippen LogP contribution in [0.2, 0.25) is 0 Å². The maximum absolute atomic E-state index is 12.2. The lowest BCUT2D eigenvalue weighted by atomic mass is 9.87. The third-order valence-corrected chi connectivity index (χ3v) is 5.63. The van der Waals surface area contributed by atoms with E-state index in [4.69, 9.17) is 0 Å². The van der Waals surface area contributed by atoms with Crippen molar-refractivity contribution in [1.82, 2.24) is 4.98 Å². The number of benzene rings is 1. The summed E-state index contributed by atoms with van der Waals surface area (Å²) in [7, 11) is 0. The molecule has 4 nitrogen and oxygen atoms in total. The lowest BCUT2D eigenvalue weighted by Gasteiger charge is -2.29. The van der Waals surface area contributed by atoms with Crippen LogP contribution in [-0.2, 0) is 4.79 Å². The van der Waals surface area contributed by atoms with E-state index in [1.807, 2.05) is 11.7 Å². The molecule has 1 aromatic carbocycles. The third-order valence-electron chi connectivity index (χ3n) is 4.74. The minimum Gasteiger partial charge on any atom is -0.371 e. The van der Waals surface area contributed by atoms with Gasteiger partial charge in [0.15, 0.2) is 0 Å². The minimum absolute atomic E-state index is 0.104. The van der Waals surface area contributed by atoms with E-state index in [-0.39, 0.29) is 11.8 Å². The van der Waals surface area contributed by atoms with Crippen molar-refractivity contribution in [3.8, 4) is 0 Å². The molecule has 0 aliphatic carbocycles. The summed E-state index contributed by atoms with van der Waals surface area (Å²) in [6.07, 6.45) is 4.91. The predicted octanol–water partition coefficient (Wildman–Crippen LogP) is 3.53. The first kappa shape index (κ1) is 13.8. The predicted molar refractivity (Wildman–Crippen MR) is 89.8 cm³/mol. The Kier molecular flexibility index (Phi) is 3.37. The molecule has 1 N–H and O–H groups in total. The van der Waals surface area contributed by atoms with Gasteiger partial charge in [0, 0.05) is 47.9 Å². The van der Waals surface area contributed by atoms with E-state index < -0.39 is 0 Å². The summed E-state index contributed by atoms with van der Waals surface area (Å²) >= 11 is 1.63. The molecular formula is C17H19N3OS. The fraction of sp³-hybridized carbons (Fsp3) is 0.412. The van der Waals surface area contributed by atoms with Crippen molar-refractivity contribution in [2.24, 2.45) is 0 Å². The van der Waals surface area contributed by atoms with Crippen molar-refractivity contribution in [3.63, 3.8) is 0 Å². The largest absolute Gasteiger partial charge is 0.371 e. The summed E-state index contributed by atoms with van der Waals surface area (Å²) in [6.45, 7) is 4.36. The van der Waals surface area contributed by atoms with Crippen LogP contribution in [-0.4, -0.2) is 24.0 Å². The van der Waals surface area contributed by atoms with Gasteiger partial charge in [0.1, 0.15) is 0 Å². The van der Waals surface area contributed by atoms with Crippen LogP contribution in [0.5, 0.6) is 0 Å². The second kappa shape index (κ2) is 5.39. The summed E-state index contributed by atoms with van der Waals surface area (Å²) in [5, 5.41) is 3.10.